The van der Waals surface area contributed by atoms with E-state index in [0.29, 0.717) is 13.2 Å². The average molecular weight is 370 g/mol. The molecule has 2 amide bonds. The fraction of sp³-hybridized carbons (Fsp3) is 0.400. The van der Waals surface area contributed by atoms with Crippen molar-refractivity contribution in [2.75, 3.05) is 26.3 Å². The van der Waals surface area contributed by atoms with Gasteiger partial charge in [-0.2, -0.15) is 0 Å². The highest BCUT2D eigenvalue weighted by Gasteiger charge is 2.30. The van der Waals surface area contributed by atoms with E-state index in [1.807, 2.05) is 23.1 Å². The van der Waals surface area contributed by atoms with Crippen LogP contribution in [0.5, 0.6) is 11.5 Å². The number of fused-ring (bicyclic) bond motifs is 1. The maximum absolute atomic E-state index is 12.7. The van der Waals surface area contributed by atoms with Crippen LogP contribution in [0.3, 0.4) is 0 Å². The summed E-state index contributed by atoms with van der Waals surface area (Å²) in [5.74, 6) is 1.47. The summed E-state index contributed by atoms with van der Waals surface area (Å²) in [5, 5.41) is 2.72. The Balaban J connectivity index is 1.36. The molecule has 1 aromatic heterocycles. The lowest BCUT2D eigenvalue weighted by molar-refractivity contribution is -0.132. The molecular formula is C20H22N2O5. The van der Waals surface area contributed by atoms with Crippen LogP contribution in [0.2, 0.25) is 0 Å². The fourth-order valence-electron chi connectivity index (χ4n) is 3.60. The van der Waals surface area contributed by atoms with Crippen LogP contribution in [-0.4, -0.2) is 43.0 Å². The van der Waals surface area contributed by atoms with Crippen LogP contribution in [0.25, 0.3) is 0 Å². The van der Waals surface area contributed by atoms with Crippen molar-refractivity contribution in [1.29, 1.82) is 0 Å². The lowest BCUT2D eigenvalue weighted by Gasteiger charge is -2.27. The highest BCUT2D eigenvalue weighted by atomic mass is 16.6. The Bertz CT molecular complexity index is 818. The molecule has 2 aliphatic rings. The van der Waals surface area contributed by atoms with E-state index in [9.17, 15) is 9.59 Å². The van der Waals surface area contributed by atoms with E-state index in [1.54, 1.807) is 12.1 Å². The number of rotatable bonds is 5. The molecule has 142 valence electrons. The van der Waals surface area contributed by atoms with Crippen molar-refractivity contribution in [2.45, 2.75) is 25.3 Å². The second-order valence-corrected chi connectivity index (χ2v) is 6.63. The molecule has 3 heterocycles. The zero-order valence-corrected chi connectivity index (χ0v) is 15.0. The average Bonchev–Trinajstić information content (AvgIpc) is 3.39. The van der Waals surface area contributed by atoms with Crippen molar-refractivity contribution < 1.29 is 23.5 Å². The number of hydrogen-bond donors (Lipinski definition) is 1. The molecule has 1 atom stereocenters. The van der Waals surface area contributed by atoms with Gasteiger partial charge in [-0.05, 0) is 42.7 Å². The molecule has 1 N–H and O–H groups in total. The van der Waals surface area contributed by atoms with Gasteiger partial charge < -0.3 is 24.1 Å². The van der Waals surface area contributed by atoms with Crippen molar-refractivity contribution in [1.82, 2.24) is 10.2 Å². The first kappa shape index (κ1) is 17.5. The zero-order valence-electron chi connectivity index (χ0n) is 15.0. The Labute approximate surface area is 157 Å². The molecule has 7 heteroatoms. The van der Waals surface area contributed by atoms with Gasteiger partial charge in [0.2, 0.25) is 5.91 Å². The Kier molecular flexibility index (Phi) is 5.00. The second-order valence-electron chi connectivity index (χ2n) is 6.63. The van der Waals surface area contributed by atoms with Crippen molar-refractivity contribution in [3.8, 4) is 11.5 Å². The van der Waals surface area contributed by atoms with Crippen molar-refractivity contribution >= 4 is 11.8 Å². The van der Waals surface area contributed by atoms with E-state index in [0.717, 1.165) is 36.4 Å². The van der Waals surface area contributed by atoms with Crippen LogP contribution >= 0.6 is 0 Å². The molecule has 1 saturated heterocycles. The first-order valence-electron chi connectivity index (χ1n) is 9.23. The topological polar surface area (TPSA) is 81.0 Å². The molecule has 2 aromatic rings. The number of furan rings is 1. The van der Waals surface area contributed by atoms with Gasteiger partial charge >= 0.3 is 0 Å². The maximum atomic E-state index is 12.7. The third-order valence-corrected chi connectivity index (χ3v) is 4.89. The van der Waals surface area contributed by atoms with Gasteiger partial charge in [0.15, 0.2) is 17.3 Å². The monoisotopic (exact) mass is 370 g/mol. The highest BCUT2D eigenvalue weighted by molar-refractivity contribution is 5.91. The Morgan fingerprint density at radius 3 is 2.81 bits per heavy atom. The van der Waals surface area contributed by atoms with Crippen LogP contribution in [-0.2, 0) is 4.79 Å². The highest BCUT2D eigenvalue weighted by Crippen LogP contribution is 2.38. The number of nitrogens with one attached hydrogen (secondary N) is 1. The number of nitrogens with zero attached hydrogens (tertiary/aromatic N) is 1. The fourth-order valence-corrected chi connectivity index (χ4v) is 3.60. The maximum Gasteiger partial charge on any atom is 0.286 e. The number of benzene rings is 1. The number of carbonyl (C=O) groups excluding carboxylic acids is 2. The Hall–Kier alpha value is -2.96. The standard InChI is InChI=1S/C20H22N2O5/c23-19(7-8-21-20(24)17-4-2-10-25-17)22-9-1-3-15(22)14-5-6-16-18(13-14)27-12-11-26-16/h2,4-6,10,13,15H,1,3,7-9,11-12H2,(H,21,24)/t15-/m0/s1. The predicted octanol–water partition coefficient (Wildman–Crippen LogP) is 2.53. The van der Waals surface area contributed by atoms with Crippen LogP contribution in [0, 0.1) is 0 Å². The van der Waals surface area contributed by atoms with Gasteiger partial charge in [0.25, 0.3) is 5.91 Å². The Morgan fingerprint density at radius 1 is 1.15 bits per heavy atom. The van der Waals surface area contributed by atoms with E-state index in [-0.39, 0.29) is 36.6 Å². The van der Waals surface area contributed by atoms with Crippen LogP contribution in [0.1, 0.15) is 41.4 Å². The summed E-state index contributed by atoms with van der Waals surface area (Å²) in [5.41, 5.74) is 1.06. The van der Waals surface area contributed by atoms with Gasteiger partial charge in [-0.1, -0.05) is 6.07 Å². The summed E-state index contributed by atoms with van der Waals surface area (Å²) < 4.78 is 16.3. The third kappa shape index (κ3) is 3.77. The van der Waals surface area contributed by atoms with Gasteiger partial charge in [-0.3, -0.25) is 9.59 Å². The lowest BCUT2D eigenvalue weighted by atomic mass is 10.0. The smallest absolute Gasteiger partial charge is 0.286 e. The minimum Gasteiger partial charge on any atom is -0.486 e. The largest absolute Gasteiger partial charge is 0.486 e. The van der Waals surface area contributed by atoms with Gasteiger partial charge in [0, 0.05) is 19.5 Å². The van der Waals surface area contributed by atoms with Gasteiger partial charge in [0.1, 0.15) is 13.2 Å². The normalized spacial score (nSPS) is 18.4. The van der Waals surface area contributed by atoms with E-state index in [4.69, 9.17) is 13.9 Å². The third-order valence-electron chi connectivity index (χ3n) is 4.89. The first-order chi connectivity index (χ1) is 13.2. The summed E-state index contributed by atoms with van der Waals surface area (Å²) in [4.78, 5) is 26.4. The molecule has 7 nitrogen and oxygen atoms in total. The van der Waals surface area contributed by atoms with Crippen LogP contribution in [0.15, 0.2) is 41.0 Å². The van der Waals surface area contributed by atoms with Gasteiger partial charge in [0.05, 0.1) is 12.3 Å². The summed E-state index contributed by atoms with van der Waals surface area (Å²) >= 11 is 0. The van der Waals surface area contributed by atoms with Crippen molar-refractivity contribution in [2.24, 2.45) is 0 Å². The summed E-state index contributed by atoms with van der Waals surface area (Å²) in [6, 6.07) is 9.17. The molecule has 0 bridgehead atoms. The minimum atomic E-state index is -0.308. The molecule has 1 fully saturated rings. The number of amides is 2. The SMILES string of the molecule is O=C(NCCC(=O)N1CCC[C@H]1c1ccc2c(c1)OCCO2)c1ccco1. The molecular weight excluding hydrogens is 348 g/mol. The summed E-state index contributed by atoms with van der Waals surface area (Å²) in [6.45, 7) is 2.11. The number of carbonyl (C=O) groups is 2. The molecule has 0 saturated carbocycles. The van der Waals surface area contributed by atoms with Crippen molar-refractivity contribution in [3.63, 3.8) is 0 Å². The van der Waals surface area contributed by atoms with E-state index >= 15 is 0 Å². The van der Waals surface area contributed by atoms with Gasteiger partial charge in [-0.15, -0.1) is 0 Å². The van der Waals surface area contributed by atoms with Crippen LogP contribution in [0.4, 0.5) is 0 Å². The van der Waals surface area contributed by atoms with Crippen molar-refractivity contribution in [3.05, 3.63) is 47.9 Å². The molecule has 2 aliphatic heterocycles. The predicted molar refractivity (Wildman–Crippen MR) is 96.8 cm³/mol. The van der Waals surface area contributed by atoms with E-state index in [2.05, 4.69) is 5.32 Å². The number of likely N-dealkylation sites (tertiary alicyclic amines) is 1. The molecule has 0 unspecified atom stereocenters. The zero-order chi connectivity index (χ0) is 18.6. The molecule has 0 radical (unpaired) electrons. The second kappa shape index (κ2) is 7.73. The number of ether oxygens (including phenoxy) is 2. The molecule has 0 spiro atoms. The van der Waals surface area contributed by atoms with E-state index < -0.39 is 0 Å². The lowest BCUT2D eigenvalue weighted by Crippen LogP contribution is -2.34. The molecule has 1 aromatic carbocycles. The Morgan fingerprint density at radius 2 is 2.00 bits per heavy atom. The molecule has 0 aliphatic carbocycles. The first-order valence-corrected chi connectivity index (χ1v) is 9.23. The summed E-state index contributed by atoms with van der Waals surface area (Å²) in [7, 11) is 0. The number of hydrogen-bond acceptors (Lipinski definition) is 5. The van der Waals surface area contributed by atoms with Gasteiger partial charge in [-0.25, -0.2) is 0 Å². The van der Waals surface area contributed by atoms with Crippen LogP contribution < -0.4 is 14.8 Å². The minimum absolute atomic E-state index is 0.0344. The quantitative estimate of drug-likeness (QED) is 0.875. The molecule has 27 heavy (non-hydrogen) atoms. The van der Waals surface area contributed by atoms with E-state index in [1.165, 1.54) is 6.26 Å². The summed E-state index contributed by atoms with van der Waals surface area (Å²) in [6.07, 6.45) is 3.59. The molecule has 4 rings (SSSR count).